The average molecular weight is 401 g/mol. The lowest BCUT2D eigenvalue weighted by Gasteiger charge is -2.11. The van der Waals surface area contributed by atoms with Crippen LogP contribution in [0.5, 0.6) is 23.0 Å². The van der Waals surface area contributed by atoms with E-state index in [4.69, 9.17) is 13.7 Å². The Labute approximate surface area is 161 Å². The Kier molecular flexibility index (Phi) is 5.46. The van der Waals surface area contributed by atoms with Crippen LogP contribution in [0.1, 0.15) is 0 Å². The smallest absolute Gasteiger partial charge is 0.343 e. The van der Waals surface area contributed by atoms with E-state index in [1.807, 2.05) is 18.2 Å². The number of nitro benzene ring substituents is 1. The van der Waals surface area contributed by atoms with Crippen LogP contribution in [0, 0.1) is 10.1 Å². The molecule has 8 nitrogen and oxygen atoms in total. The van der Waals surface area contributed by atoms with E-state index in [9.17, 15) is 18.5 Å². The molecule has 28 heavy (non-hydrogen) atoms. The molecule has 0 aliphatic carbocycles. The van der Waals surface area contributed by atoms with E-state index in [0.29, 0.717) is 11.5 Å². The first-order valence-corrected chi connectivity index (χ1v) is 9.40. The van der Waals surface area contributed by atoms with Gasteiger partial charge < -0.3 is 13.7 Å². The van der Waals surface area contributed by atoms with E-state index in [1.165, 1.54) is 25.3 Å². The first-order valence-electron chi connectivity index (χ1n) is 7.99. The maximum absolute atomic E-state index is 12.6. The first kappa shape index (κ1) is 19.2. The van der Waals surface area contributed by atoms with Crippen LogP contribution in [-0.2, 0) is 10.1 Å². The Hall–Kier alpha value is -3.59. The second kappa shape index (κ2) is 7.97. The fourth-order valence-corrected chi connectivity index (χ4v) is 3.45. The van der Waals surface area contributed by atoms with Gasteiger partial charge in [-0.05, 0) is 42.5 Å². The molecule has 0 atom stereocenters. The highest BCUT2D eigenvalue weighted by Gasteiger charge is 2.25. The Bertz CT molecular complexity index is 1080. The van der Waals surface area contributed by atoms with Gasteiger partial charge in [0.15, 0.2) is 4.90 Å². The second-order valence-electron chi connectivity index (χ2n) is 5.52. The van der Waals surface area contributed by atoms with Gasteiger partial charge in [-0.1, -0.05) is 18.2 Å². The summed E-state index contributed by atoms with van der Waals surface area (Å²) in [6, 6.07) is 18.2. The van der Waals surface area contributed by atoms with Crippen molar-refractivity contribution >= 4 is 15.8 Å². The Morgan fingerprint density at radius 3 is 2.07 bits per heavy atom. The Morgan fingerprint density at radius 1 is 0.857 bits per heavy atom. The normalized spacial score (nSPS) is 10.9. The Morgan fingerprint density at radius 2 is 1.46 bits per heavy atom. The molecule has 0 N–H and O–H groups in total. The van der Waals surface area contributed by atoms with E-state index < -0.39 is 25.6 Å². The van der Waals surface area contributed by atoms with Crippen LogP contribution in [0.3, 0.4) is 0 Å². The van der Waals surface area contributed by atoms with Gasteiger partial charge in [-0.3, -0.25) is 10.1 Å². The predicted octanol–water partition coefficient (Wildman–Crippen LogP) is 4.16. The van der Waals surface area contributed by atoms with Gasteiger partial charge in [0.1, 0.15) is 23.0 Å². The summed E-state index contributed by atoms with van der Waals surface area (Å²) in [4.78, 5) is 9.80. The molecule has 144 valence electrons. The third-order valence-electron chi connectivity index (χ3n) is 3.64. The molecule has 0 unspecified atom stereocenters. The molecule has 9 heteroatoms. The van der Waals surface area contributed by atoms with E-state index in [2.05, 4.69) is 0 Å². The molecule has 0 aliphatic heterocycles. The number of benzene rings is 3. The summed E-state index contributed by atoms with van der Waals surface area (Å²) in [5.74, 6) is 1.08. The highest BCUT2D eigenvalue weighted by Crippen LogP contribution is 2.31. The summed E-state index contributed by atoms with van der Waals surface area (Å²) >= 11 is 0. The molecule has 3 rings (SSSR count). The maximum atomic E-state index is 12.6. The zero-order valence-corrected chi connectivity index (χ0v) is 15.5. The number of para-hydroxylation sites is 1. The van der Waals surface area contributed by atoms with Gasteiger partial charge in [0, 0.05) is 12.1 Å². The lowest BCUT2D eigenvalue weighted by molar-refractivity contribution is -0.385. The maximum Gasteiger partial charge on any atom is 0.343 e. The SMILES string of the molecule is COc1ccc([N+](=O)[O-])cc1S(=O)(=O)Oc1ccc(Oc2ccccc2)cc1. The number of non-ortho nitro benzene ring substituents is 1. The third kappa shape index (κ3) is 4.38. The number of rotatable bonds is 7. The summed E-state index contributed by atoms with van der Waals surface area (Å²) in [5.41, 5.74) is -0.394. The molecule has 0 radical (unpaired) electrons. The van der Waals surface area contributed by atoms with Crippen molar-refractivity contribution in [2.45, 2.75) is 4.90 Å². The third-order valence-corrected chi connectivity index (χ3v) is 4.91. The van der Waals surface area contributed by atoms with Crippen molar-refractivity contribution in [1.82, 2.24) is 0 Å². The minimum atomic E-state index is -4.35. The van der Waals surface area contributed by atoms with Crippen molar-refractivity contribution in [3.05, 3.63) is 82.9 Å². The fourth-order valence-electron chi connectivity index (χ4n) is 2.33. The van der Waals surface area contributed by atoms with Crippen LogP contribution < -0.4 is 13.7 Å². The van der Waals surface area contributed by atoms with Crippen LogP contribution in [0.4, 0.5) is 5.69 Å². The zero-order chi connectivity index (χ0) is 20.1. The molecule has 0 fully saturated rings. The van der Waals surface area contributed by atoms with Crippen molar-refractivity contribution in [1.29, 1.82) is 0 Å². The van der Waals surface area contributed by atoms with Crippen molar-refractivity contribution in [3.63, 3.8) is 0 Å². The largest absolute Gasteiger partial charge is 0.495 e. The van der Waals surface area contributed by atoms with Crippen LogP contribution in [-0.4, -0.2) is 20.5 Å². The van der Waals surface area contributed by atoms with Gasteiger partial charge >= 0.3 is 10.1 Å². The van der Waals surface area contributed by atoms with Crippen molar-refractivity contribution < 1.29 is 27.0 Å². The first-order chi connectivity index (χ1) is 13.4. The summed E-state index contributed by atoms with van der Waals surface area (Å²) < 4.78 is 40.9. The predicted molar refractivity (Wildman–Crippen MR) is 100 cm³/mol. The fraction of sp³-hybridized carbons (Fsp3) is 0.0526. The number of ether oxygens (including phenoxy) is 2. The second-order valence-corrected chi connectivity index (χ2v) is 7.03. The number of hydrogen-bond donors (Lipinski definition) is 0. The molecule has 0 heterocycles. The van der Waals surface area contributed by atoms with Crippen molar-refractivity contribution in [2.75, 3.05) is 7.11 Å². The molecule has 0 amide bonds. The monoisotopic (exact) mass is 401 g/mol. The highest BCUT2D eigenvalue weighted by atomic mass is 32.2. The minimum absolute atomic E-state index is 0.0222. The van der Waals surface area contributed by atoms with Gasteiger partial charge in [0.25, 0.3) is 5.69 Å². The molecular weight excluding hydrogens is 386 g/mol. The summed E-state index contributed by atoms with van der Waals surface area (Å²) in [6.45, 7) is 0. The molecule has 0 saturated carbocycles. The standard InChI is InChI=1S/C19H15NO7S/c1-25-18-12-7-14(20(21)22)13-19(18)28(23,24)27-17-10-8-16(9-11-17)26-15-5-3-2-4-6-15/h2-13H,1H3. The number of nitro groups is 1. The van der Waals surface area contributed by atoms with Gasteiger partial charge in [0.2, 0.25) is 0 Å². The topological polar surface area (TPSA) is 105 Å². The van der Waals surface area contributed by atoms with Gasteiger partial charge in [-0.25, -0.2) is 0 Å². The molecule has 0 spiro atoms. The van der Waals surface area contributed by atoms with E-state index in [0.717, 1.165) is 12.1 Å². The lowest BCUT2D eigenvalue weighted by atomic mass is 10.3. The van der Waals surface area contributed by atoms with E-state index >= 15 is 0 Å². The van der Waals surface area contributed by atoms with E-state index in [1.54, 1.807) is 24.3 Å². The molecule has 3 aromatic carbocycles. The lowest BCUT2D eigenvalue weighted by Crippen LogP contribution is -2.11. The number of methoxy groups -OCH3 is 1. The molecule has 0 aromatic heterocycles. The van der Waals surface area contributed by atoms with Crippen LogP contribution >= 0.6 is 0 Å². The van der Waals surface area contributed by atoms with Crippen molar-refractivity contribution in [3.8, 4) is 23.0 Å². The molecule has 3 aromatic rings. The highest BCUT2D eigenvalue weighted by molar-refractivity contribution is 7.87. The van der Waals surface area contributed by atoms with Crippen LogP contribution in [0.2, 0.25) is 0 Å². The number of hydrogen-bond acceptors (Lipinski definition) is 7. The van der Waals surface area contributed by atoms with Gasteiger partial charge in [-0.15, -0.1) is 0 Å². The average Bonchev–Trinajstić information content (AvgIpc) is 2.69. The van der Waals surface area contributed by atoms with Crippen LogP contribution in [0.15, 0.2) is 77.7 Å². The molecular formula is C19H15NO7S. The quantitative estimate of drug-likeness (QED) is 0.332. The minimum Gasteiger partial charge on any atom is -0.495 e. The van der Waals surface area contributed by atoms with Gasteiger partial charge in [-0.2, -0.15) is 8.42 Å². The van der Waals surface area contributed by atoms with Crippen molar-refractivity contribution in [2.24, 2.45) is 0 Å². The number of nitrogens with zero attached hydrogens (tertiary/aromatic N) is 1. The molecule has 0 saturated heterocycles. The van der Waals surface area contributed by atoms with Crippen LogP contribution in [0.25, 0.3) is 0 Å². The Balaban J connectivity index is 1.82. The van der Waals surface area contributed by atoms with Gasteiger partial charge in [0.05, 0.1) is 12.0 Å². The summed E-state index contributed by atoms with van der Waals surface area (Å²) in [6.07, 6.45) is 0. The molecule has 0 bridgehead atoms. The molecule has 0 aliphatic rings. The van der Waals surface area contributed by atoms with E-state index in [-0.39, 0.29) is 11.5 Å². The summed E-state index contributed by atoms with van der Waals surface area (Å²) in [5, 5.41) is 10.9. The zero-order valence-electron chi connectivity index (χ0n) is 14.6. The summed E-state index contributed by atoms with van der Waals surface area (Å²) in [7, 11) is -3.09.